The number of para-hydroxylation sites is 1. The van der Waals surface area contributed by atoms with Crippen LogP contribution in [0.3, 0.4) is 0 Å². The van der Waals surface area contributed by atoms with E-state index >= 15 is 0 Å². The number of hydrogen-bond donors (Lipinski definition) is 0. The van der Waals surface area contributed by atoms with Crippen molar-refractivity contribution in [1.29, 1.82) is 0 Å². The fourth-order valence-electron chi connectivity index (χ4n) is 2.70. The van der Waals surface area contributed by atoms with Crippen molar-refractivity contribution in [3.8, 4) is 5.75 Å². The lowest BCUT2D eigenvalue weighted by Gasteiger charge is -2.36. The fourth-order valence-corrected chi connectivity index (χ4v) is 3.33. The maximum atomic E-state index is 12.3. The summed E-state index contributed by atoms with van der Waals surface area (Å²) in [5.74, 6) is 0.696. The summed E-state index contributed by atoms with van der Waals surface area (Å²) in [6.45, 7) is 2.94. The van der Waals surface area contributed by atoms with Crippen LogP contribution in [-0.4, -0.2) is 43.6 Å². The number of amides is 1. The highest BCUT2D eigenvalue weighted by Crippen LogP contribution is 2.26. The molecule has 0 spiro atoms. The van der Waals surface area contributed by atoms with Gasteiger partial charge in [0.2, 0.25) is 0 Å². The first kappa shape index (κ1) is 17.1. The van der Waals surface area contributed by atoms with Crippen LogP contribution in [0, 0.1) is 0 Å². The molecule has 0 unspecified atom stereocenters. The zero-order chi connectivity index (χ0) is 16.9. The number of anilines is 1. The van der Waals surface area contributed by atoms with Gasteiger partial charge in [0.15, 0.2) is 6.61 Å². The van der Waals surface area contributed by atoms with E-state index in [-0.39, 0.29) is 12.5 Å². The molecule has 0 bridgehead atoms. The third-order valence-corrected chi connectivity index (χ3v) is 4.80. The molecule has 0 atom stereocenters. The molecule has 6 heteroatoms. The second-order valence-electron chi connectivity index (χ2n) is 5.57. The van der Waals surface area contributed by atoms with Gasteiger partial charge in [0.1, 0.15) is 5.75 Å². The van der Waals surface area contributed by atoms with E-state index in [1.165, 1.54) is 0 Å². The smallest absolute Gasteiger partial charge is 0.260 e. The fraction of sp³-hybridized carbons (Fsp3) is 0.278. The molecule has 3 rings (SSSR count). The Bertz CT molecular complexity index is 718. The number of hydrogen-bond acceptors (Lipinski definition) is 3. The predicted octanol–water partition coefficient (Wildman–Crippen LogP) is 3.83. The quantitative estimate of drug-likeness (QED) is 0.769. The number of rotatable bonds is 4. The molecule has 0 N–H and O–H groups in total. The normalized spacial score (nSPS) is 14.6. The van der Waals surface area contributed by atoms with Gasteiger partial charge in [0, 0.05) is 30.7 Å². The van der Waals surface area contributed by atoms with Crippen LogP contribution in [0.1, 0.15) is 0 Å². The topological polar surface area (TPSA) is 32.8 Å². The second-order valence-corrected chi connectivity index (χ2v) is 6.89. The molecule has 0 aliphatic carbocycles. The number of ether oxygens (including phenoxy) is 1. The van der Waals surface area contributed by atoms with Crippen LogP contribution in [-0.2, 0) is 4.79 Å². The van der Waals surface area contributed by atoms with E-state index in [4.69, 9.17) is 16.3 Å². The number of halogens is 2. The SMILES string of the molecule is O=C(COc1cccc(Br)c1)N1CCN(c2ccccc2Cl)CC1. The van der Waals surface area contributed by atoms with Crippen LogP contribution in [0.5, 0.6) is 5.75 Å². The Labute approximate surface area is 155 Å². The minimum absolute atomic E-state index is 0.00813. The molecule has 1 aliphatic rings. The lowest BCUT2D eigenvalue weighted by Crippen LogP contribution is -2.50. The molecule has 1 heterocycles. The zero-order valence-corrected chi connectivity index (χ0v) is 15.5. The summed E-state index contributed by atoms with van der Waals surface area (Å²) < 4.78 is 6.51. The van der Waals surface area contributed by atoms with E-state index in [1.54, 1.807) is 0 Å². The molecule has 126 valence electrons. The van der Waals surface area contributed by atoms with E-state index in [0.717, 1.165) is 28.3 Å². The molecule has 2 aromatic rings. The molecular weight excluding hydrogens is 392 g/mol. The third-order valence-electron chi connectivity index (χ3n) is 3.98. The Morgan fingerprint density at radius 1 is 1.08 bits per heavy atom. The number of piperazine rings is 1. The summed E-state index contributed by atoms with van der Waals surface area (Å²) in [6.07, 6.45) is 0. The van der Waals surface area contributed by atoms with Crippen molar-refractivity contribution in [3.63, 3.8) is 0 Å². The molecule has 0 saturated carbocycles. The summed E-state index contributed by atoms with van der Waals surface area (Å²) in [6, 6.07) is 15.3. The Morgan fingerprint density at radius 3 is 2.54 bits per heavy atom. The van der Waals surface area contributed by atoms with Gasteiger partial charge in [-0.25, -0.2) is 0 Å². The van der Waals surface area contributed by atoms with E-state index < -0.39 is 0 Å². The van der Waals surface area contributed by atoms with Crippen molar-refractivity contribution in [3.05, 3.63) is 58.0 Å². The van der Waals surface area contributed by atoms with Gasteiger partial charge in [-0.3, -0.25) is 4.79 Å². The van der Waals surface area contributed by atoms with Crippen molar-refractivity contribution in [2.75, 3.05) is 37.7 Å². The number of benzene rings is 2. The molecule has 1 saturated heterocycles. The highest BCUT2D eigenvalue weighted by molar-refractivity contribution is 9.10. The highest BCUT2D eigenvalue weighted by Gasteiger charge is 2.22. The van der Waals surface area contributed by atoms with Crippen molar-refractivity contribution in [1.82, 2.24) is 4.90 Å². The first-order chi connectivity index (χ1) is 11.6. The Balaban J connectivity index is 1.51. The van der Waals surface area contributed by atoms with Crippen molar-refractivity contribution in [2.24, 2.45) is 0 Å². The van der Waals surface area contributed by atoms with Crippen LogP contribution in [0.15, 0.2) is 53.0 Å². The van der Waals surface area contributed by atoms with Crippen LogP contribution in [0.2, 0.25) is 5.02 Å². The van der Waals surface area contributed by atoms with Crippen LogP contribution < -0.4 is 9.64 Å². The molecule has 24 heavy (non-hydrogen) atoms. The maximum Gasteiger partial charge on any atom is 0.260 e. The monoisotopic (exact) mass is 408 g/mol. The second kappa shape index (κ2) is 7.90. The Hall–Kier alpha value is -1.72. The molecule has 2 aromatic carbocycles. The molecular formula is C18H18BrClN2O2. The lowest BCUT2D eigenvalue weighted by atomic mass is 10.2. The Morgan fingerprint density at radius 2 is 1.83 bits per heavy atom. The van der Waals surface area contributed by atoms with Gasteiger partial charge in [-0.15, -0.1) is 0 Å². The minimum Gasteiger partial charge on any atom is -0.484 e. The number of carbonyl (C=O) groups excluding carboxylic acids is 1. The van der Waals surface area contributed by atoms with Gasteiger partial charge >= 0.3 is 0 Å². The predicted molar refractivity (Wildman–Crippen MR) is 99.9 cm³/mol. The van der Waals surface area contributed by atoms with Crippen LogP contribution in [0.25, 0.3) is 0 Å². The van der Waals surface area contributed by atoms with Crippen LogP contribution in [0.4, 0.5) is 5.69 Å². The lowest BCUT2D eigenvalue weighted by molar-refractivity contribution is -0.133. The number of nitrogens with zero attached hydrogens (tertiary/aromatic N) is 2. The third kappa shape index (κ3) is 4.22. The van der Waals surface area contributed by atoms with Gasteiger partial charge in [0.25, 0.3) is 5.91 Å². The van der Waals surface area contributed by atoms with Crippen molar-refractivity contribution < 1.29 is 9.53 Å². The van der Waals surface area contributed by atoms with E-state index in [2.05, 4.69) is 20.8 Å². The van der Waals surface area contributed by atoms with Gasteiger partial charge in [-0.05, 0) is 30.3 Å². The van der Waals surface area contributed by atoms with Gasteiger partial charge < -0.3 is 14.5 Å². The number of carbonyl (C=O) groups is 1. The molecule has 1 fully saturated rings. The standard InChI is InChI=1S/C18H18BrClN2O2/c19-14-4-3-5-15(12-14)24-13-18(23)22-10-8-21(9-11-22)17-7-2-1-6-16(17)20/h1-7,12H,8-11,13H2. The first-order valence-corrected chi connectivity index (χ1v) is 8.96. The average Bonchev–Trinajstić information content (AvgIpc) is 2.60. The van der Waals surface area contributed by atoms with Crippen molar-refractivity contribution in [2.45, 2.75) is 0 Å². The summed E-state index contributed by atoms with van der Waals surface area (Å²) >= 11 is 9.63. The van der Waals surface area contributed by atoms with E-state index in [0.29, 0.717) is 18.8 Å². The summed E-state index contributed by atoms with van der Waals surface area (Å²) in [5, 5.41) is 0.746. The molecule has 4 nitrogen and oxygen atoms in total. The summed E-state index contributed by atoms with van der Waals surface area (Å²) in [5.41, 5.74) is 1.02. The minimum atomic E-state index is 0.00813. The highest BCUT2D eigenvalue weighted by atomic mass is 79.9. The average molecular weight is 410 g/mol. The Kier molecular flexibility index (Phi) is 5.63. The van der Waals surface area contributed by atoms with Crippen molar-refractivity contribution >= 4 is 39.1 Å². The summed E-state index contributed by atoms with van der Waals surface area (Å²) in [4.78, 5) is 16.4. The van der Waals surface area contributed by atoms with Gasteiger partial charge in [-0.2, -0.15) is 0 Å². The molecule has 0 aromatic heterocycles. The first-order valence-electron chi connectivity index (χ1n) is 7.79. The molecule has 1 amide bonds. The molecule has 1 aliphatic heterocycles. The summed E-state index contributed by atoms with van der Waals surface area (Å²) in [7, 11) is 0. The van der Waals surface area contributed by atoms with E-state index in [1.807, 2.05) is 53.4 Å². The molecule has 0 radical (unpaired) electrons. The van der Waals surface area contributed by atoms with E-state index in [9.17, 15) is 4.79 Å². The van der Waals surface area contributed by atoms with Gasteiger partial charge in [-0.1, -0.05) is 45.7 Å². The van der Waals surface area contributed by atoms with Gasteiger partial charge in [0.05, 0.1) is 10.7 Å². The largest absolute Gasteiger partial charge is 0.484 e. The maximum absolute atomic E-state index is 12.3. The van der Waals surface area contributed by atoms with Crippen LogP contribution >= 0.6 is 27.5 Å². The zero-order valence-electron chi connectivity index (χ0n) is 13.1.